The smallest absolute Gasteiger partial charge is 0.277 e. The van der Waals surface area contributed by atoms with E-state index in [4.69, 9.17) is 9.84 Å². The van der Waals surface area contributed by atoms with Gasteiger partial charge in [0.2, 0.25) is 10.0 Å². The first-order valence-electron chi connectivity index (χ1n) is 11.0. The van der Waals surface area contributed by atoms with Gasteiger partial charge in [-0.3, -0.25) is 9.52 Å². The van der Waals surface area contributed by atoms with Gasteiger partial charge >= 0.3 is 0 Å². The highest BCUT2D eigenvalue weighted by Gasteiger charge is 2.25. The fraction of sp³-hybridized carbons (Fsp3) is 0.500. The number of hydrogen-bond donors (Lipinski definition) is 2. The molecular formula is C22H29N5O4S. The van der Waals surface area contributed by atoms with E-state index >= 15 is 0 Å². The number of anilines is 1. The Kier molecular flexibility index (Phi) is 5.98. The number of benzene rings is 1. The van der Waals surface area contributed by atoms with E-state index in [1.807, 2.05) is 13.8 Å². The molecule has 1 aromatic carbocycles. The van der Waals surface area contributed by atoms with E-state index in [1.165, 1.54) is 0 Å². The summed E-state index contributed by atoms with van der Waals surface area (Å²) in [6.07, 6.45) is 4.33. The Labute approximate surface area is 187 Å². The molecule has 0 saturated heterocycles. The number of sulfonamides is 1. The highest BCUT2D eigenvalue weighted by molar-refractivity contribution is 7.93. The Morgan fingerprint density at radius 3 is 2.66 bits per heavy atom. The van der Waals surface area contributed by atoms with Crippen LogP contribution in [0.5, 0.6) is 5.75 Å². The molecule has 4 rings (SSSR count). The summed E-state index contributed by atoms with van der Waals surface area (Å²) in [4.78, 5) is 20.5. The van der Waals surface area contributed by atoms with Gasteiger partial charge in [0.05, 0.1) is 23.1 Å². The molecule has 0 bridgehead atoms. The average molecular weight is 460 g/mol. The van der Waals surface area contributed by atoms with Crippen LogP contribution in [-0.4, -0.2) is 39.9 Å². The molecule has 0 unspecified atom stereocenters. The van der Waals surface area contributed by atoms with Crippen LogP contribution in [0, 0.1) is 6.92 Å². The second-order valence-corrected chi connectivity index (χ2v) is 10.7. The lowest BCUT2D eigenvalue weighted by Crippen LogP contribution is -2.22. The molecule has 3 aromatic rings. The van der Waals surface area contributed by atoms with Crippen molar-refractivity contribution in [1.29, 1.82) is 0 Å². The van der Waals surface area contributed by atoms with Crippen molar-refractivity contribution in [3.8, 4) is 17.1 Å². The first-order chi connectivity index (χ1) is 15.2. The first kappa shape index (κ1) is 22.3. The molecule has 32 heavy (non-hydrogen) atoms. The molecule has 0 aliphatic heterocycles. The zero-order valence-corrected chi connectivity index (χ0v) is 19.6. The summed E-state index contributed by atoms with van der Waals surface area (Å²) in [6, 6.07) is 4.95. The highest BCUT2D eigenvalue weighted by Crippen LogP contribution is 2.35. The number of nitrogens with zero attached hydrogens (tertiary/aromatic N) is 3. The normalized spacial score (nSPS) is 15.0. The van der Waals surface area contributed by atoms with Gasteiger partial charge in [0, 0.05) is 11.6 Å². The topological polar surface area (TPSA) is 118 Å². The summed E-state index contributed by atoms with van der Waals surface area (Å²) in [5, 5.41) is 4.14. The van der Waals surface area contributed by atoms with Crippen LogP contribution in [0.1, 0.15) is 63.9 Å². The molecule has 0 atom stereocenters. The van der Waals surface area contributed by atoms with Crippen LogP contribution in [0.15, 0.2) is 23.0 Å². The maximum absolute atomic E-state index is 13.0. The third kappa shape index (κ3) is 4.11. The van der Waals surface area contributed by atoms with Crippen molar-refractivity contribution >= 4 is 21.2 Å². The van der Waals surface area contributed by atoms with Gasteiger partial charge in [-0.05, 0) is 58.7 Å². The van der Waals surface area contributed by atoms with Crippen molar-refractivity contribution in [3.63, 3.8) is 0 Å². The maximum atomic E-state index is 13.0. The van der Waals surface area contributed by atoms with E-state index in [-0.39, 0.29) is 11.5 Å². The van der Waals surface area contributed by atoms with Gasteiger partial charge in [-0.2, -0.15) is 0 Å². The lowest BCUT2D eigenvalue weighted by atomic mass is 10.1. The predicted octanol–water partition coefficient (Wildman–Crippen LogP) is 3.60. The molecule has 0 spiro atoms. The van der Waals surface area contributed by atoms with Crippen molar-refractivity contribution in [2.75, 3.05) is 11.3 Å². The second kappa shape index (κ2) is 8.57. The van der Waals surface area contributed by atoms with Crippen molar-refractivity contribution in [1.82, 2.24) is 19.6 Å². The third-order valence-electron chi connectivity index (χ3n) is 5.84. The molecule has 1 aliphatic rings. The number of hydrogen-bond acceptors (Lipinski definition) is 6. The molecule has 2 aromatic heterocycles. The summed E-state index contributed by atoms with van der Waals surface area (Å²) in [7, 11) is -3.53. The number of imidazole rings is 1. The number of fused-ring (bicyclic) bond motifs is 1. The van der Waals surface area contributed by atoms with Crippen molar-refractivity contribution in [2.45, 2.75) is 64.5 Å². The molecule has 172 valence electrons. The van der Waals surface area contributed by atoms with Crippen molar-refractivity contribution in [2.24, 2.45) is 0 Å². The van der Waals surface area contributed by atoms with E-state index in [1.54, 1.807) is 36.6 Å². The van der Waals surface area contributed by atoms with Crippen LogP contribution in [0.4, 0.5) is 5.69 Å². The SMILES string of the molecule is CCOc1ccc(NS(=O)(=O)C(C)C)cc1-c1nn2c(C3CCCC3)nc(C)c2c(=O)[nH]1. The van der Waals surface area contributed by atoms with Gasteiger partial charge in [-0.1, -0.05) is 12.8 Å². The molecule has 0 amide bonds. The van der Waals surface area contributed by atoms with Crippen LogP contribution in [0.2, 0.25) is 0 Å². The van der Waals surface area contributed by atoms with Crippen LogP contribution in [0.3, 0.4) is 0 Å². The van der Waals surface area contributed by atoms with Gasteiger partial charge < -0.3 is 9.72 Å². The monoisotopic (exact) mass is 459 g/mol. The fourth-order valence-electron chi connectivity index (χ4n) is 4.10. The lowest BCUT2D eigenvalue weighted by Gasteiger charge is -2.15. The van der Waals surface area contributed by atoms with Crippen LogP contribution in [-0.2, 0) is 10.0 Å². The van der Waals surface area contributed by atoms with Gasteiger partial charge in [0.25, 0.3) is 5.56 Å². The quantitative estimate of drug-likeness (QED) is 0.557. The number of aryl methyl sites for hydroxylation is 1. The third-order valence-corrected chi connectivity index (χ3v) is 7.60. The first-order valence-corrected chi connectivity index (χ1v) is 12.5. The van der Waals surface area contributed by atoms with E-state index in [0.717, 1.165) is 31.5 Å². The minimum atomic E-state index is -3.53. The van der Waals surface area contributed by atoms with Gasteiger partial charge in [-0.25, -0.2) is 17.9 Å². The standard InChI is InChI=1S/C22H29N5O4S/c1-5-31-18-11-10-16(26-32(29,30)13(2)3)12-17(18)20-24-22(28)19-14(4)23-21(27(19)25-20)15-8-6-7-9-15/h10-13,15,26H,5-9H2,1-4H3,(H,24,25,28). The summed E-state index contributed by atoms with van der Waals surface area (Å²) in [6.45, 7) is 7.30. The largest absolute Gasteiger partial charge is 0.493 e. The summed E-state index contributed by atoms with van der Waals surface area (Å²) in [5.41, 5.74) is 1.66. The Balaban J connectivity index is 1.87. The number of rotatable bonds is 7. The molecule has 1 aliphatic carbocycles. The molecule has 1 saturated carbocycles. The molecule has 10 heteroatoms. The number of nitrogens with one attached hydrogen (secondary N) is 2. The Bertz CT molecular complexity index is 1300. The Hall–Kier alpha value is -2.88. The van der Waals surface area contributed by atoms with E-state index in [2.05, 4.69) is 14.7 Å². The summed E-state index contributed by atoms with van der Waals surface area (Å²) in [5.74, 6) is 1.88. The summed E-state index contributed by atoms with van der Waals surface area (Å²) >= 11 is 0. The minimum absolute atomic E-state index is 0.272. The number of ether oxygens (including phenoxy) is 1. The lowest BCUT2D eigenvalue weighted by molar-refractivity contribution is 0.341. The maximum Gasteiger partial charge on any atom is 0.277 e. The number of H-pyrrole nitrogens is 1. The van der Waals surface area contributed by atoms with Crippen LogP contribution >= 0.6 is 0 Å². The predicted molar refractivity (Wildman–Crippen MR) is 124 cm³/mol. The highest BCUT2D eigenvalue weighted by atomic mass is 32.2. The minimum Gasteiger partial charge on any atom is -0.493 e. The Morgan fingerprint density at radius 2 is 2.00 bits per heavy atom. The molecule has 1 fully saturated rings. The van der Waals surface area contributed by atoms with Crippen molar-refractivity contribution in [3.05, 3.63) is 40.1 Å². The molecule has 0 radical (unpaired) electrons. The van der Waals surface area contributed by atoms with Crippen LogP contribution < -0.4 is 15.0 Å². The zero-order chi connectivity index (χ0) is 23.0. The number of aromatic nitrogens is 4. The fourth-order valence-corrected chi connectivity index (χ4v) is 4.80. The average Bonchev–Trinajstić information content (AvgIpc) is 3.37. The van der Waals surface area contributed by atoms with Crippen LogP contribution in [0.25, 0.3) is 16.9 Å². The molecule has 2 N–H and O–H groups in total. The molecular weight excluding hydrogens is 430 g/mol. The molecule has 9 nitrogen and oxygen atoms in total. The zero-order valence-electron chi connectivity index (χ0n) is 18.8. The van der Waals surface area contributed by atoms with Gasteiger partial charge in [-0.15, -0.1) is 5.10 Å². The van der Waals surface area contributed by atoms with E-state index in [9.17, 15) is 13.2 Å². The molecule has 2 heterocycles. The van der Waals surface area contributed by atoms with E-state index < -0.39 is 15.3 Å². The van der Waals surface area contributed by atoms with Gasteiger partial charge in [0.15, 0.2) is 11.3 Å². The summed E-state index contributed by atoms with van der Waals surface area (Å²) < 4.78 is 34.7. The van der Waals surface area contributed by atoms with Gasteiger partial charge in [0.1, 0.15) is 11.6 Å². The van der Waals surface area contributed by atoms with Crippen molar-refractivity contribution < 1.29 is 13.2 Å². The second-order valence-electron chi connectivity index (χ2n) is 8.44. The van der Waals surface area contributed by atoms with E-state index in [0.29, 0.717) is 40.6 Å². The Morgan fingerprint density at radius 1 is 1.28 bits per heavy atom. The number of aromatic amines is 1.